The minimum Gasteiger partial charge on any atom is -0.454 e. The smallest absolute Gasteiger partial charge is 0.166 e. The molecule has 21 heavy (non-hydrogen) atoms. The Bertz CT molecular complexity index is 634. The summed E-state index contributed by atoms with van der Waals surface area (Å²) in [5.74, 6) is -0.861. The van der Waals surface area contributed by atoms with Gasteiger partial charge in [-0.1, -0.05) is 30.7 Å². The van der Waals surface area contributed by atoms with Crippen LogP contribution in [0, 0.1) is 11.6 Å². The molecule has 0 saturated heterocycles. The molecule has 0 heterocycles. The van der Waals surface area contributed by atoms with E-state index in [1.807, 2.05) is 6.92 Å². The van der Waals surface area contributed by atoms with Crippen LogP contribution in [0.25, 0.3) is 0 Å². The molecule has 0 saturated carbocycles. The first-order valence-corrected chi connectivity index (χ1v) is 7.05. The van der Waals surface area contributed by atoms with Gasteiger partial charge in [-0.05, 0) is 36.6 Å². The lowest BCUT2D eigenvalue weighted by Gasteiger charge is -2.15. The van der Waals surface area contributed by atoms with Gasteiger partial charge in [0.2, 0.25) is 0 Å². The molecule has 112 valence electrons. The highest BCUT2D eigenvalue weighted by Gasteiger charge is 2.14. The molecule has 0 aliphatic rings. The summed E-state index contributed by atoms with van der Waals surface area (Å²) in [7, 11) is 0. The van der Waals surface area contributed by atoms with Crippen molar-refractivity contribution >= 4 is 11.6 Å². The van der Waals surface area contributed by atoms with Gasteiger partial charge in [0.25, 0.3) is 0 Å². The van der Waals surface area contributed by atoms with Crippen LogP contribution in [0.1, 0.15) is 18.9 Å². The fourth-order valence-electron chi connectivity index (χ4n) is 1.91. The van der Waals surface area contributed by atoms with Crippen LogP contribution in [0.2, 0.25) is 5.02 Å². The minimum absolute atomic E-state index is 0.0101. The third kappa shape index (κ3) is 3.93. The van der Waals surface area contributed by atoms with Crippen LogP contribution >= 0.6 is 11.6 Å². The number of benzene rings is 2. The van der Waals surface area contributed by atoms with Crippen LogP contribution in [-0.2, 0) is 6.42 Å². The molecule has 0 bridgehead atoms. The second kappa shape index (κ2) is 6.87. The van der Waals surface area contributed by atoms with Gasteiger partial charge in [-0.25, -0.2) is 8.78 Å². The normalized spacial score (nSPS) is 12.2. The van der Waals surface area contributed by atoms with Crippen LogP contribution in [0.4, 0.5) is 8.78 Å². The van der Waals surface area contributed by atoms with E-state index in [-0.39, 0.29) is 22.6 Å². The van der Waals surface area contributed by atoms with E-state index in [1.165, 1.54) is 18.2 Å². The predicted molar refractivity (Wildman–Crippen MR) is 79.9 cm³/mol. The highest BCUT2D eigenvalue weighted by molar-refractivity contribution is 6.30. The molecule has 0 aliphatic carbocycles. The molecular formula is C16H16ClF2NO. The lowest BCUT2D eigenvalue weighted by Crippen LogP contribution is -2.21. The molecular weight excluding hydrogens is 296 g/mol. The number of halogens is 3. The average Bonchev–Trinajstić information content (AvgIpc) is 2.46. The number of hydrogen-bond acceptors (Lipinski definition) is 2. The molecule has 2 aromatic rings. The van der Waals surface area contributed by atoms with E-state index in [0.29, 0.717) is 12.0 Å². The molecule has 1 unspecified atom stereocenters. The number of hydrogen-bond donors (Lipinski definition) is 1. The van der Waals surface area contributed by atoms with Crippen LogP contribution in [0.5, 0.6) is 11.5 Å². The van der Waals surface area contributed by atoms with Crippen LogP contribution in [0.3, 0.4) is 0 Å². The summed E-state index contributed by atoms with van der Waals surface area (Å²) in [4.78, 5) is 0. The minimum atomic E-state index is -0.614. The van der Waals surface area contributed by atoms with Gasteiger partial charge >= 0.3 is 0 Å². The molecule has 2 nitrogen and oxygen atoms in total. The van der Waals surface area contributed by atoms with Gasteiger partial charge in [-0.15, -0.1) is 0 Å². The summed E-state index contributed by atoms with van der Waals surface area (Å²) < 4.78 is 32.9. The number of para-hydroxylation sites is 1. The zero-order valence-electron chi connectivity index (χ0n) is 11.6. The Morgan fingerprint density at radius 3 is 2.62 bits per heavy atom. The summed E-state index contributed by atoms with van der Waals surface area (Å²) in [5.41, 5.74) is 6.56. The van der Waals surface area contributed by atoms with E-state index in [9.17, 15) is 8.78 Å². The summed E-state index contributed by atoms with van der Waals surface area (Å²) in [5, 5.41) is -0.0101. The van der Waals surface area contributed by atoms with E-state index < -0.39 is 11.6 Å². The Morgan fingerprint density at radius 1 is 1.19 bits per heavy atom. The predicted octanol–water partition coefficient (Wildman–Crippen LogP) is 4.69. The van der Waals surface area contributed by atoms with Crippen molar-refractivity contribution < 1.29 is 13.5 Å². The van der Waals surface area contributed by atoms with E-state index in [0.717, 1.165) is 12.5 Å². The Labute approximate surface area is 127 Å². The molecule has 0 radical (unpaired) electrons. The first kappa shape index (κ1) is 15.7. The molecule has 0 spiro atoms. The number of rotatable bonds is 5. The van der Waals surface area contributed by atoms with Gasteiger partial charge in [-0.3, -0.25) is 0 Å². The number of nitrogens with two attached hydrogens (primary N) is 1. The highest BCUT2D eigenvalue weighted by Crippen LogP contribution is 2.31. The summed E-state index contributed by atoms with van der Waals surface area (Å²) >= 11 is 5.61. The van der Waals surface area contributed by atoms with Crippen molar-refractivity contribution in [2.45, 2.75) is 25.8 Å². The largest absolute Gasteiger partial charge is 0.454 e. The van der Waals surface area contributed by atoms with Crippen LogP contribution in [-0.4, -0.2) is 6.04 Å². The third-order valence-corrected chi connectivity index (χ3v) is 3.47. The number of ether oxygens (including phenoxy) is 1. The molecule has 0 fully saturated rings. The second-order valence-corrected chi connectivity index (χ2v) is 5.19. The lowest BCUT2D eigenvalue weighted by molar-refractivity contribution is 0.430. The van der Waals surface area contributed by atoms with Gasteiger partial charge < -0.3 is 10.5 Å². The fourth-order valence-corrected chi connectivity index (χ4v) is 2.03. The fraction of sp³-hybridized carbons (Fsp3) is 0.250. The second-order valence-electron chi connectivity index (χ2n) is 4.78. The summed E-state index contributed by atoms with van der Waals surface area (Å²) in [6, 6.07) is 8.53. The Balaban J connectivity index is 2.31. The van der Waals surface area contributed by atoms with Crippen molar-refractivity contribution in [2.24, 2.45) is 5.73 Å². The van der Waals surface area contributed by atoms with Gasteiger partial charge in [0.05, 0.1) is 5.02 Å². The topological polar surface area (TPSA) is 35.2 Å². The van der Waals surface area contributed by atoms with Crippen molar-refractivity contribution in [1.29, 1.82) is 0 Å². The first-order valence-electron chi connectivity index (χ1n) is 6.67. The monoisotopic (exact) mass is 311 g/mol. The van der Waals surface area contributed by atoms with Crippen molar-refractivity contribution in [1.82, 2.24) is 0 Å². The summed E-state index contributed by atoms with van der Waals surface area (Å²) in [6.07, 6.45) is 1.26. The Hall–Kier alpha value is -1.65. The molecule has 0 aliphatic heterocycles. The van der Waals surface area contributed by atoms with Gasteiger partial charge in [0.15, 0.2) is 11.6 Å². The van der Waals surface area contributed by atoms with Crippen molar-refractivity contribution in [3.63, 3.8) is 0 Å². The molecule has 5 heteroatoms. The SMILES string of the molecule is CCC(N)Cc1cccc(F)c1Oc1ccc(Cl)c(F)c1. The first-order chi connectivity index (χ1) is 10.0. The van der Waals surface area contributed by atoms with Crippen LogP contribution < -0.4 is 10.5 Å². The summed E-state index contributed by atoms with van der Waals surface area (Å²) in [6.45, 7) is 1.96. The van der Waals surface area contributed by atoms with Crippen molar-refractivity contribution in [3.05, 3.63) is 58.6 Å². The van der Waals surface area contributed by atoms with E-state index in [1.54, 1.807) is 12.1 Å². The third-order valence-electron chi connectivity index (χ3n) is 3.17. The standard InChI is InChI=1S/C16H16ClF2NO/c1-2-11(20)8-10-4-3-5-14(18)16(10)21-12-6-7-13(17)15(19)9-12/h3-7,9,11H,2,8,20H2,1H3. The van der Waals surface area contributed by atoms with Crippen LogP contribution in [0.15, 0.2) is 36.4 Å². The maximum atomic E-state index is 14.0. The molecule has 2 N–H and O–H groups in total. The van der Waals surface area contributed by atoms with Gasteiger partial charge in [0.1, 0.15) is 11.6 Å². The zero-order valence-corrected chi connectivity index (χ0v) is 12.3. The zero-order chi connectivity index (χ0) is 15.4. The highest BCUT2D eigenvalue weighted by atomic mass is 35.5. The lowest BCUT2D eigenvalue weighted by atomic mass is 10.0. The quantitative estimate of drug-likeness (QED) is 0.869. The average molecular weight is 312 g/mol. The molecule has 2 aromatic carbocycles. The maximum absolute atomic E-state index is 14.0. The maximum Gasteiger partial charge on any atom is 0.166 e. The van der Waals surface area contributed by atoms with E-state index in [2.05, 4.69) is 0 Å². The Morgan fingerprint density at radius 2 is 1.95 bits per heavy atom. The molecule has 2 rings (SSSR count). The van der Waals surface area contributed by atoms with Gasteiger partial charge in [-0.2, -0.15) is 0 Å². The Kier molecular flexibility index (Phi) is 5.15. The molecule has 0 amide bonds. The van der Waals surface area contributed by atoms with Gasteiger partial charge in [0, 0.05) is 12.1 Å². The van der Waals surface area contributed by atoms with E-state index in [4.69, 9.17) is 22.1 Å². The van der Waals surface area contributed by atoms with E-state index >= 15 is 0 Å². The van der Waals surface area contributed by atoms with Crippen molar-refractivity contribution in [2.75, 3.05) is 0 Å². The van der Waals surface area contributed by atoms with Crippen molar-refractivity contribution in [3.8, 4) is 11.5 Å². The molecule has 1 atom stereocenters. The molecule has 0 aromatic heterocycles.